The fraction of sp³-hybridized carbons (Fsp3) is 0.533. The molecule has 7 heteroatoms. The molecule has 22 heavy (non-hydrogen) atoms. The van der Waals surface area contributed by atoms with Crippen LogP contribution in [0.1, 0.15) is 18.1 Å². The first-order valence-electron chi connectivity index (χ1n) is 7.25. The second-order valence-electron chi connectivity index (χ2n) is 6.16. The number of benzene rings is 1. The maximum absolute atomic E-state index is 13.1. The number of nitrogens with one attached hydrogen (secondary N) is 1. The van der Waals surface area contributed by atoms with Crippen LogP contribution in [0.25, 0.3) is 0 Å². The predicted octanol–water partition coefficient (Wildman–Crippen LogP) is 0.581. The van der Waals surface area contributed by atoms with Crippen molar-refractivity contribution < 1.29 is 17.9 Å². The molecule has 1 aromatic rings. The van der Waals surface area contributed by atoms with Crippen molar-refractivity contribution in [2.45, 2.75) is 37.2 Å². The molecule has 1 atom stereocenters. The molecule has 2 aliphatic rings. The van der Waals surface area contributed by atoms with Crippen molar-refractivity contribution >= 4 is 15.9 Å². The van der Waals surface area contributed by atoms with E-state index >= 15 is 0 Å². The lowest BCUT2D eigenvalue weighted by Gasteiger charge is -2.53. The average Bonchev–Trinajstić information content (AvgIpc) is 2.42. The Morgan fingerprint density at radius 2 is 1.95 bits per heavy atom. The quantitative estimate of drug-likeness (QED) is 0.863. The first-order chi connectivity index (χ1) is 10.3. The smallest absolute Gasteiger partial charge is 0.244 e. The maximum Gasteiger partial charge on any atom is 0.244 e. The Morgan fingerprint density at radius 3 is 2.50 bits per heavy atom. The van der Waals surface area contributed by atoms with Gasteiger partial charge in [0.2, 0.25) is 15.9 Å². The van der Waals surface area contributed by atoms with Crippen LogP contribution >= 0.6 is 0 Å². The first kappa shape index (κ1) is 15.5. The summed E-state index contributed by atoms with van der Waals surface area (Å²) >= 11 is 0. The summed E-state index contributed by atoms with van der Waals surface area (Å²) in [7, 11) is -3.76. The van der Waals surface area contributed by atoms with Crippen LogP contribution in [0.2, 0.25) is 0 Å². The van der Waals surface area contributed by atoms with Gasteiger partial charge in [0.1, 0.15) is 11.6 Å². The van der Waals surface area contributed by atoms with Gasteiger partial charge < -0.3 is 10.1 Å². The summed E-state index contributed by atoms with van der Waals surface area (Å²) in [6, 6.07) is 4.31. The molecule has 0 bridgehead atoms. The highest BCUT2D eigenvalue weighted by molar-refractivity contribution is 7.89. The Morgan fingerprint density at radius 1 is 1.27 bits per heavy atom. The molecular weight excluding hydrogens is 304 g/mol. The van der Waals surface area contributed by atoms with Gasteiger partial charge in [0.25, 0.3) is 0 Å². The van der Waals surface area contributed by atoms with Crippen molar-refractivity contribution in [3.8, 4) is 0 Å². The number of ether oxygens (including phenoxy) is 1. The van der Waals surface area contributed by atoms with E-state index in [4.69, 9.17) is 4.74 Å². The lowest BCUT2D eigenvalue weighted by Crippen LogP contribution is -2.75. The first-order valence-corrected chi connectivity index (χ1v) is 8.69. The van der Waals surface area contributed by atoms with Crippen LogP contribution in [0.4, 0.5) is 0 Å². The van der Waals surface area contributed by atoms with E-state index in [9.17, 15) is 13.2 Å². The summed E-state index contributed by atoms with van der Waals surface area (Å²) in [5.41, 5.74) is 1.28. The van der Waals surface area contributed by atoms with Gasteiger partial charge in [-0.05, 0) is 44.0 Å². The van der Waals surface area contributed by atoms with Crippen molar-refractivity contribution in [2.75, 3.05) is 19.8 Å². The number of hydrogen-bond acceptors (Lipinski definition) is 4. The lowest BCUT2D eigenvalue weighted by atomic mass is 9.93. The van der Waals surface area contributed by atoms with Gasteiger partial charge in [-0.2, -0.15) is 4.31 Å². The summed E-state index contributed by atoms with van der Waals surface area (Å²) in [5, 5.41) is 2.77. The van der Waals surface area contributed by atoms with Crippen LogP contribution < -0.4 is 5.32 Å². The third-order valence-electron chi connectivity index (χ3n) is 4.57. The standard InChI is InChI=1S/C15H20N2O4S/c1-10-4-5-13(6-11(10)2)22(19,20)17-12(3)14(18)16-7-15(17)8-21-9-15/h4-6,12H,7-9H2,1-3H3,(H,16,18)/t12-/m0/s1. The zero-order valence-electron chi connectivity index (χ0n) is 12.9. The largest absolute Gasteiger partial charge is 0.377 e. The Labute approximate surface area is 130 Å². The van der Waals surface area contributed by atoms with Crippen LogP contribution in [-0.2, 0) is 19.6 Å². The van der Waals surface area contributed by atoms with Gasteiger partial charge in [-0.3, -0.25) is 4.79 Å². The van der Waals surface area contributed by atoms with Crippen LogP contribution in [0.3, 0.4) is 0 Å². The van der Waals surface area contributed by atoms with Gasteiger partial charge in [0.15, 0.2) is 0 Å². The summed E-state index contributed by atoms with van der Waals surface area (Å²) in [6.07, 6.45) is 0. The number of piperazine rings is 1. The number of amides is 1. The number of rotatable bonds is 2. The fourth-order valence-corrected chi connectivity index (χ4v) is 5.00. The average molecular weight is 324 g/mol. The normalized spacial score (nSPS) is 24.9. The third-order valence-corrected chi connectivity index (χ3v) is 6.64. The number of hydrogen-bond donors (Lipinski definition) is 1. The molecule has 0 aliphatic carbocycles. The molecule has 2 saturated heterocycles. The molecule has 0 radical (unpaired) electrons. The molecule has 1 aromatic carbocycles. The molecule has 1 amide bonds. The molecule has 120 valence electrons. The number of aryl methyl sites for hydroxylation is 2. The SMILES string of the molecule is Cc1ccc(S(=O)(=O)N2[C@@H](C)C(=O)NCC23COC3)cc1C. The van der Waals surface area contributed by atoms with E-state index in [1.807, 2.05) is 13.8 Å². The van der Waals surface area contributed by atoms with Crippen LogP contribution in [0.5, 0.6) is 0 Å². The summed E-state index contributed by atoms with van der Waals surface area (Å²) < 4.78 is 32.8. The van der Waals surface area contributed by atoms with E-state index in [1.54, 1.807) is 25.1 Å². The number of sulfonamides is 1. The van der Waals surface area contributed by atoms with Crippen LogP contribution in [0.15, 0.2) is 23.1 Å². The van der Waals surface area contributed by atoms with E-state index in [0.29, 0.717) is 19.8 Å². The molecule has 0 saturated carbocycles. The molecule has 1 spiro atoms. The van der Waals surface area contributed by atoms with Crippen molar-refractivity contribution in [1.82, 2.24) is 9.62 Å². The minimum atomic E-state index is -3.76. The van der Waals surface area contributed by atoms with E-state index < -0.39 is 21.6 Å². The Hall–Kier alpha value is -1.44. The molecule has 2 aliphatic heterocycles. The number of carbonyl (C=O) groups is 1. The van der Waals surface area contributed by atoms with Gasteiger partial charge in [0, 0.05) is 6.54 Å². The highest BCUT2D eigenvalue weighted by Gasteiger charge is 2.56. The molecular formula is C15H20N2O4S. The van der Waals surface area contributed by atoms with Gasteiger partial charge in [-0.15, -0.1) is 0 Å². The number of nitrogens with zero attached hydrogens (tertiary/aromatic N) is 1. The Balaban J connectivity index is 2.08. The topological polar surface area (TPSA) is 75.7 Å². The van der Waals surface area contributed by atoms with Crippen molar-refractivity contribution in [3.63, 3.8) is 0 Å². The zero-order chi connectivity index (χ0) is 16.1. The van der Waals surface area contributed by atoms with Gasteiger partial charge in [-0.25, -0.2) is 8.42 Å². The monoisotopic (exact) mass is 324 g/mol. The van der Waals surface area contributed by atoms with Gasteiger partial charge in [0.05, 0.1) is 18.1 Å². The molecule has 6 nitrogen and oxygen atoms in total. The van der Waals surface area contributed by atoms with E-state index in [2.05, 4.69) is 5.32 Å². The van der Waals surface area contributed by atoms with Crippen molar-refractivity contribution in [2.24, 2.45) is 0 Å². The molecule has 3 rings (SSSR count). The molecule has 0 unspecified atom stereocenters. The molecule has 2 fully saturated rings. The minimum absolute atomic E-state index is 0.225. The van der Waals surface area contributed by atoms with Crippen LogP contribution in [-0.4, -0.2) is 50.0 Å². The lowest BCUT2D eigenvalue weighted by molar-refractivity contribution is -0.153. The zero-order valence-corrected chi connectivity index (χ0v) is 13.7. The summed E-state index contributed by atoms with van der Waals surface area (Å²) in [4.78, 5) is 12.2. The van der Waals surface area contributed by atoms with Gasteiger partial charge in [-0.1, -0.05) is 6.07 Å². The summed E-state index contributed by atoms with van der Waals surface area (Å²) in [6.45, 7) is 6.34. The Kier molecular flexibility index (Phi) is 3.54. The van der Waals surface area contributed by atoms with Crippen molar-refractivity contribution in [1.29, 1.82) is 0 Å². The second-order valence-corrected chi connectivity index (χ2v) is 7.97. The van der Waals surface area contributed by atoms with Gasteiger partial charge >= 0.3 is 0 Å². The van der Waals surface area contributed by atoms with E-state index in [1.165, 1.54) is 4.31 Å². The van der Waals surface area contributed by atoms with Crippen molar-refractivity contribution in [3.05, 3.63) is 29.3 Å². The highest BCUT2D eigenvalue weighted by Crippen LogP contribution is 2.35. The Bertz CT molecular complexity index is 725. The van der Waals surface area contributed by atoms with Crippen LogP contribution in [0, 0.1) is 13.8 Å². The molecule has 2 heterocycles. The minimum Gasteiger partial charge on any atom is -0.377 e. The van der Waals surface area contributed by atoms with E-state index in [-0.39, 0.29) is 10.8 Å². The third kappa shape index (κ3) is 2.15. The second kappa shape index (κ2) is 5.04. The fourth-order valence-electron chi connectivity index (χ4n) is 3.01. The molecule has 0 aromatic heterocycles. The molecule has 1 N–H and O–H groups in total. The highest BCUT2D eigenvalue weighted by atomic mass is 32.2. The summed E-state index contributed by atoms with van der Waals surface area (Å²) in [5.74, 6) is -0.273. The van der Waals surface area contributed by atoms with E-state index in [0.717, 1.165) is 11.1 Å². The number of carbonyl (C=O) groups excluding carboxylic acids is 1. The predicted molar refractivity (Wildman–Crippen MR) is 81.0 cm³/mol. The maximum atomic E-state index is 13.1.